The second-order valence-corrected chi connectivity index (χ2v) is 3.89. The van der Waals surface area contributed by atoms with E-state index in [4.69, 9.17) is 9.84 Å². The number of carbonyl (C=O) groups is 1. The van der Waals surface area contributed by atoms with Gasteiger partial charge in [-0.2, -0.15) is 0 Å². The van der Waals surface area contributed by atoms with Gasteiger partial charge in [0.15, 0.2) is 0 Å². The second-order valence-electron chi connectivity index (χ2n) is 3.89. The summed E-state index contributed by atoms with van der Waals surface area (Å²) in [6.45, 7) is 2.73. The minimum Gasteiger partial charge on any atom is -0.507 e. The normalized spacial score (nSPS) is 9.61. The number of hydrogen-bond acceptors (Lipinski definition) is 3. The van der Waals surface area contributed by atoms with Gasteiger partial charge >= 0.3 is 5.97 Å². The van der Waals surface area contributed by atoms with E-state index in [0.717, 1.165) is 12.8 Å². The fourth-order valence-corrected chi connectivity index (χ4v) is 1.50. The number of rotatable bonds is 7. The second kappa shape index (κ2) is 8.93. The molecule has 1 rings (SSSR count). The van der Waals surface area contributed by atoms with Crippen molar-refractivity contribution in [1.29, 1.82) is 0 Å². The van der Waals surface area contributed by atoms with Crippen LogP contribution < -0.4 is 4.74 Å². The zero-order chi connectivity index (χ0) is 12.7. The fraction of sp³-hybridized carbons (Fsp3) is 0.462. The van der Waals surface area contributed by atoms with Crippen LogP contribution in [0.25, 0.3) is 0 Å². The van der Waals surface area contributed by atoms with Crippen LogP contribution in [-0.2, 0) is 19.5 Å². The van der Waals surface area contributed by atoms with E-state index < -0.39 is 5.97 Å². The number of phenols is 1. The summed E-state index contributed by atoms with van der Waals surface area (Å²) in [6, 6.07) is 4.24. The Hall–Kier alpha value is -1.09. The Bertz CT molecular complexity index is 379. The summed E-state index contributed by atoms with van der Waals surface area (Å²) < 4.78 is 5.42. The van der Waals surface area contributed by atoms with Crippen LogP contribution in [0, 0.1) is 0 Å². The number of carboxylic acid groups (broad SMARTS) is 1. The molecule has 0 atom stereocenters. The van der Waals surface area contributed by atoms with Crippen molar-refractivity contribution >= 4 is 5.97 Å². The summed E-state index contributed by atoms with van der Waals surface area (Å²) >= 11 is 0. The molecule has 5 heteroatoms. The van der Waals surface area contributed by atoms with Gasteiger partial charge in [-0.15, -0.1) is 0 Å². The van der Waals surface area contributed by atoms with Crippen molar-refractivity contribution in [1.82, 2.24) is 0 Å². The third-order valence-corrected chi connectivity index (χ3v) is 2.47. The summed E-state index contributed by atoms with van der Waals surface area (Å²) in [5.41, 5.74) is -0.108. The van der Waals surface area contributed by atoms with E-state index in [1.165, 1.54) is 25.0 Å². The molecule has 0 saturated carbocycles. The Morgan fingerprint density at radius 1 is 1.28 bits per heavy atom. The van der Waals surface area contributed by atoms with Crippen molar-refractivity contribution in [2.75, 3.05) is 6.61 Å². The Kier molecular flexibility index (Phi) is 8.39. The maximum Gasteiger partial charge on any atom is 0.339 e. The van der Waals surface area contributed by atoms with Crippen molar-refractivity contribution in [3.05, 3.63) is 23.8 Å². The van der Waals surface area contributed by atoms with Gasteiger partial charge in [0.2, 0.25) is 0 Å². The number of aromatic carboxylic acids is 1. The van der Waals surface area contributed by atoms with Crippen LogP contribution in [0.3, 0.4) is 0 Å². The van der Waals surface area contributed by atoms with Crippen molar-refractivity contribution < 1.29 is 39.2 Å². The first kappa shape index (κ1) is 16.9. The topological polar surface area (TPSA) is 66.8 Å². The molecule has 0 radical (unpaired) electrons. The molecular formula is C13H18O4Zn. The first-order valence-corrected chi connectivity index (χ1v) is 5.84. The number of aromatic hydroxyl groups is 1. The van der Waals surface area contributed by atoms with Gasteiger partial charge in [0.25, 0.3) is 0 Å². The van der Waals surface area contributed by atoms with Crippen molar-refractivity contribution in [3.8, 4) is 11.5 Å². The quantitative estimate of drug-likeness (QED) is 0.600. The molecule has 18 heavy (non-hydrogen) atoms. The SMILES string of the molecule is CCCCCCOc1ccc(C(=O)O)c(O)c1.[Zn]. The van der Waals surface area contributed by atoms with E-state index in [1.54, 1.807) is 6.07 Å². The smallest absolute Gasteiger partial charge is 0.339 e. The first-order chi connectivity index (χ1) is 8.15. The molecular weight excluding hydrogens is 286 g/mol. The number of carboxylic acids is 1. The van der Waals surface area contributed by atoms with Gasteiger partial charge in [0.05, 0.1) is 6.61 Å². The van der Waals surface area contributed by atoms with Crippen LogP contribution in [-0.4, -0.2) is 22.8 Å². The van der Waals surface area contributed by atoms with Crippen LogP contribution in [0.1, 0.15) is 43.0 Å². The standard InChI is InChI=1S/C13H18O4.Zn/c1-2-3-4-5-8-17-10-6-7-11(13(15)16)12(14)9-10;/h6-7,9,14H,2-5,8H2,1H3,(H,15,16);. The van der Waals surface area contributed by atoms with E-state index >= 15 is 0 Å². The first-order valence-electron chi connectivity index (χ1n) is 5.84. The minimum atomic E-state index is -1.14. The molecule has 96 valence electrons. The molecule has 4 nitrogen and oxygen atoms in total. The van der Waals surface area contributed by atoms with Gasteiger partial charge in [-0.25, -0.2) is 4.79 Å². The Labute approximate surface area is 120 Å². The Balaban J connectivity index is 0.00000289. The van der Waals surface area contributed by atoms with E-state index in [0.29, 0.717) is 12.4 Å². The molecule has 0 aliphatic carbocycles. The molecule has 1 aromatic rings. The Morgan fingerprint density at radius 2 is 2.00 bits per heavy atom. The van der Waals surface area contributed by atoms with Gasteiger partial charge < -0.3 is 14.9 Å². The average Bonchev–Trinajstić information content (AvgIpc) is 2.28. The summed E-state index contributed by atoms with van der Waals surface area (Å²) in [4.78, 5) is 10.7. The summed E-state index contributed by atoms with van der Waals surface area (Å²) in [6.07, 6.45) is 4.45. The molecule has 0 aliphatic heterocycles. The van der Waals surface area contributed by atoms with Crippen molar-refractivity contribution in [2.24, 2.45) is 0 Å². The van der Waals surface area contributed by atoms with Gasteiger partial charge in [-0.3, -0.25) is 0 Å². The van der Waals surface area contributed by atoms with E-state index in [2.05, 4.69) is 6.92 Å². The zero-order valence-electron chi connectivity index (χ0n) is 10.7. The van der Waals surface area contributed by atoms with Crippen molar-refractivity contribution in [2.45, 2.75) is 32.6 Å². The molecule has 0 saturated heterocycles. The summed E-state index contributed by atoms with van der Waals surface area (Å²) in [5.74, 6) is -0.899. The van der Waals surface area contributed by atoms with E-state index in [9.17, 15) is 9.90 Å². The molecule has 0 spiro atoms. The monoisotopic (exact) mass is 302 g/mol. The molecule has 0 fully saturated rings. The zero-order valence-corrected chi connectivity index (χ0v) is 13.7. The predicted octanol–water partition coefficient (Wildman–Crippen LogP) is 3.05. The molecule has 1 aromatic carbocycles. The predicted molar refractivity (Wildman–Crippen MR) is 64.7 cm³/mol. The molecule has 0 bridgehead atoms. The summed E-state index contributed by atoms with van der Waals surface area (Å²) in [5, 5.41) is 18.2. The molecule has 0 heterocycles. The average molecular weight is 304 g/mol. The van der Waals surface area contributed by atoms with Crippen molar-refractivity contribution in [3.63, 3.8) is 0 Å². The van der Waals surface area contributed by atoms with Gasteiger partial charge in [0.1, 0.15) is 17.1 Å². The van der Waals surface area contributed by atoms with Crippen LogP contribution >= 0.6 is 0 Å². The number of benzene rings is 1. The van der Waals surface area contributed by atoms with Crippen LogP contribution in [0.2, 0.25) is 0 Å². The maximum absolute atomic E-state index is 10.7. The molecule has 0 aromatic heterocycles. The Morgan fingerprint density at radius 3 is 2.56 bits per heavy atom. The number of ether oxygens (including phenoxy) is 1. The van der Waals surface area contributed by atoms with Crippen LogP contribution in [0.5, 0.6) is 11.5 Å². The van der Waals surface area contributed by atoms with Crippen LogP contribution in [0.15, 0.2) is 18.2 Å². The van der Waals surface area contributed by atoms with E-state index in [1.807, 2.05) is 0 Å². The molecule has 0 aliphatic rings. The van der Waals surface area contributed by atoms with Gasteiger partial charge in [-0.1, -0.05) is 26.2 Å². The van der Waals surface area contributed by atoms with Crippen LogP contribution in [0.4, 0.5) is 0 Å². The minimum absolute atomic E-state index is 0. The molecule has 2 N–H and O–H groups in total. The van der Waals surface area contributed by atoms with Gasteiger partial charge in [-0.05, 0) is 18.6 Å². The fourth-order valence-electron chi connectivity index (χ4n) is 1.50. The molecule has 0 unspecified atom stereocenters. The third-order valence-electron chi connectivity index (χ3n) is 2.47. The van der Waals surface area contributed by atoms with Gasteiger partial charge in [0, 0.05) is 25.5 Å². The van der Waals surface area contributed by atoms with E-state index in [-0.39, 0.29) is 30.8 Å². The third kappa shape index (κ3) is 5.50. The largest absolute Gasteiger partial charge is 0.507 e. The summed E-state index contributed by atoms with van der Waals surface area (Å²) in [7, 11) is 0. The number of hydrogen-bond donors (Lipinski definition) is 2. The number of unbranched alkanes of at least 4 members (excludes halogenated alkanes) is 3. The molecule has 0 amide bonds. The maximum atomic E-state index is 10.7.